The lowest BCUT2D eigenvalue weighted by Crippen LogP contribution is -2.46. The van der Waals surface area contributed by atoms with Gasteiger partial charge in [-0.3, -0.25) is 4.90 Å². The second-order valence-electron chi connectivity index (χ2n) is 8.36. The molecule has 0 aliphatic carbocycles. The molecule has 1 amide bonds. The van der Waals surface area contributed by atoms with Gasteiger partial charge in [-0.15, -0.1) is 0 Å². The van der Waals surface area contributed by atoms with Crippen LogP contribution in [-0.2, 0) is 16.0 Å². The van der Waals surface area contributed by atoms with Gasteiger partial charge in [0.05, 0.1) is 13.1 Å². The van der Waals surface area contributed by atoms with Crippen molar-refractivity contribution >= 4 is 6.09 Å². The molecule has 0 bridgehead atoms. The second kappa shape index (κ2) is 7.48. The third kappa shape index (κ3) is 4.48. The molecule has 0 radical (unpaired) electrons. The molecule has 2 aromatic rings. The van der Waals surface area contributed by atoms with Crippen LogP contribution in [0.1, 0.15) is 52.1 Å². The molecule has 0 spiro atoms. The van der Waals surface area contributed by atoms with Crippen molar-refractivity contribution < 1.29 is 14.3 Å². The van der Waals surface area contributed by atoms with Crippen molar-refractivity contribution in [2.24, 2.45) is 5.73 Å². The predicted molar refractivity (Wildman–Crippen MR) is 106 cm³/mol. The summed E-state index contributed by atoms with van der Waals surface area (Å²) in [5.74, 6) is 0.615. The van der Waals surface area contributed by atoms with Crippen LogP contribution in [0.4, 0.5) is 4.79 Å². The number of ether oxygens (including phenoxy) is 2. The first-order chi connectivity index (χ1) is 13.1. The zero-order valence-electron chi connectivity index (χ0n) is 17.1. The van der Waals surface area contributed by atoms with E-state index in [0.29, 0.717) is 18.9 Å². The van der Waals surface area contributed by atoms with E-state index in [2.05, 4.69) is 9.97 Å². The molecule has 1 aliphatic rings. The number of hydrogen-bond donors (Lipinski definition) is 1. The Balaban J connectivity index is 1.74. The van der Waals surface area contributed by atoms with Crippen LogP contribution in [0, 0.1) is 0 Å². The summed E-state index contributed by atoms with van der Waals surface area (Å²) >= 11 is 0. The van der Waals surface area contributed by atoms with Crippen molar-refractivity contribution in [3.63, 3.8) is 0 Å². The van der Waals surface area contributed by atoms with Crippen LogP contribution in [0.15, 0.2) is 36.7 Å². The molecule has 2 N–H and O–H groups in total. The standard InChI is InChI=1S/C21H28N4O3/c1-20(2,3)28-19(26)25-13-17(27-21(25,4)5)15-8-6-14(7-9-15)16-11-23-18(10-22)24-12-16/h6-9,11-12,17H,10,13,22H2,1-5H3/t17-/m0/s1. The maximum absolute atomic E-state index is 12.5. The Labute approximate surface area is 165 Å². The molecular weight excluding hydrogens is 356 g/mol. The Hall–Kier alpha value is -2.51. The highest BCUT2D eigenvalue weighted by molar-refractivity contribution is 5.69. The van der Waals surface area contributed by atoms with Gasteiger partial charge in [0, 0.05) is 18.0 Å². The highest BCUT2D eigenvalue weighted by Gasteiger charge is 2.44. The van der Waals surface area contributed by atoms with E-state index in [1.807, 2.05) is 58.9 Å². The van der Waals surface area contributed by atoms with Crippen LogP contribution < -0.4 is 5.73 Å². The predicted octanol–water partition coefficient (Wildman–Crippen LogP) is 3.65. The van der Waals surface area contributed by atoms with Gasteiger partial charge < -0.3 is 15.2 Å². The maximum Gasteiger partial charge on any atom is 0.412 e. The molecule has 1 fully saturated rings. The van der Waals surface area contributed by atoms with E-state index in [1.54, 1.807) is 17.3 Å². The van der Waals surface area contributed by atoms with Crippen molar-refractivity contribution in [2.45, 2.75) is 58.6 Å². The third-order valence-electron chi connectivity index (χ3n) is 4.55. The third-order valence-corrected chi connectivity index (χ3v) is 4.55. The summed E-state index contributed by atoms with van der Waals surface area (Å²) in [6.07, 6.45) is 2.95. The first-order valence-corrected chi connectivity index (χ1v) is 9.39. The number of carbonyl (C=O) groups excluding carboxylic acids is 1. The lowest BCUT2D eigenvalue weighted by molar-refractivity contribution is -0.0789. The lowest BCUT2D eigenvalue weighted by Gasteiger charge is -2.31. The van der Waals surface area contributed by atoms with Crippen LogP contribution in [0.25, 0.3) is 11.1 Å². The van der Waals surface area contributed by atoms with E-state index in [9.17, 15) is 4.79 Å². The lowest BCUT2D eigenvalue weighted by atomic mass is 10.0. The van der Waals surface area contributed by atoms with Gasteiger partial charge in [-0.05, 0) is 45.7 Å². The molecule has 150 valence electrons. The zero-order valence-corrected chi connectivity index (χ0v) is 17.1. The zero-order chi connectivity index (χ0) is 20.5. The molecule has 28 heavy (non-hydrogen) atoms. The Morgan fingerprint density at radius 2 is 1.82 bits per heavy atom. The fourth-order valence-electron chi connectivity index (χ4n) is 3.12. The van der Waals surface area contributed by atoms with Gasteiger partial charge in [0.15, 0.2) is 0 Å². The minimum Gasteiger partial charge on any atom is -0.444 e. The second-order valence-corrected chi connectivity index (χ2v) is 8.36. The van der Waals surface area contributed by atoms with Crippen molar-refractivity contribution in [3.8, 4) is 11.1 Å². The largest absolute Gasteiger partial charge is 0.444 e. The summed E-state index contributed by atoms with van der Waals surface area (Å²) < 4.78 is 11.7. The van der Waals surface area contributed by atoms with E-state index >= 15 is 0 Å². The normalized spacial score (nSPS) is 18.9. The van der Waals surface area contributed by atoms with E-state index in [-0.39, 0.29) is 12.2 Å². The van der Waals surface area contributed by atoms with Gasteiger partial charge >= 0.3 is 6.09 Å². The molecule has 0 unspecified atom stereocenters. The van der Waals surface area contributed by atoms with Crippen LogP contribution in [-0.4, -0.2) is 38.8 Å². The first kappa shape index (κ1) is 20.2. The minimum absolute atomic E-state index is 0.215. The molecule has 0 saturated carbocycles. The number of nitrogens with two attached hydrogens (primary N) is 1. The van der Waals surface area contributed by atoms with E-state index in [4.69, 9.17) is 15.2 Å². The summed E-state index contributed by atoms with van der Waals surface area (Å²) in [5.41, 5.74) is 7.19. The van der Waals surface area contributed by atoms with Crippen LogP contribution >= 0.6 is 0 Å². The summed E-state index contributed by atoms with van der Waals surface area (Å²) in [5, 5.41) is 0. The smallest absolute Gasteiger partial charge is 0.412 e. The Morgan fingerprint density at radius 1 is 1.21 bits per heavy atom. The van der Waals surface area contributed by atoms with Crippen molar-refractivity contribution in [1.29, 1.82) is 0 Å². The maximum atomic E-state index is 12.5. The molecule has 1 saturated heterocycles. The van der Waals surface area contributed by atoms with Crippen molar-refractivity contribution in [1.82, 2.24) is 14.9 Å². The number of aromatic nitrogens is 2. The molecule has 1 aromatic carbocycles. The molecular formula is C21H28N4O3. The molecule has 3 rings (SSSR count). The summed E-state index contributed by atoms with van der Waals surface area (Å²) in [6, 6.07) is 8.02. The van der Waals surface area contributed by atoms with Crippen molar-refractivity contribution in [2.75, 3.05) is 6.54 Å². The number of nitrogens with zero attached hydrogens (tertiary/aromatic N) is 3. The molecule has 2 heterocycles. The van der Waals surface area contributed by atoms with Gasteiger partial charge in [0.2, 0.25) is 0 Å². The average Bonchev–Trinajstić information content (AvgIpc) is 2.96. The van der Waals surface area contributed by atoms with Crippen LogP contribution in [0.3, 0.4) is 0 Å². The Bertz CT molecular complexity index is 826. The highest BCUT2D eigenvalue weighted by Crippen LogP contribution is 2.37. The van der Waals surface area contributed by atoms with E-state index in [1.165, 1.54) is 0 Å². The fraction of sp³-hybridized carbons (Fsp3) is 0.476. The quantitative estimate of drug-likeness (QED) is 0.869. The number of carbonyl (C=O) groups is 1. The number of amides is 1. The van der Waals surface area contributed by atoms with Crippen LogP contribution in [0.2, 0.25) is 0 Å². The van der Waals surface area contributed by atoms with Crippen molar-refractivity contribution in [3.05, 3.63) is 48.0 Å². The summed E-state index contributed by atoms with van der Waals surface area (Å²) in [4.78, 5) is 22.6. The van der Waals surface area contributed by atoms with E-state index in [0.717, 1.165) is 16.7 Å². The minimum atomic E-state index is -0.739. The molecule has 1 atom stereocenters. The SMILES string of the molecule is CC(C)(C)OC(=O)N1C[C@@H](c2ccc(-c3cnc(CN)nc3)cc2)OC1(C)C. The molecule has 1 aliphatic heterocycles. The van der Waals surface area contributed by atoms with Crippen LogP contribution in [0.5, 0.6) is 0 Å². The number of benzene rings is 1. The fourth-order valence-corrected chi connectivity index (χ4v) is 3.12. The van der Waals surface area contributed by atoms with Gasteiger partial charge in [0.1, 0.15) is 23.3 Å². The highest BCUT2D eigenvalue weighted by atomic mass is 16.6. The van der Waals surface area contributed by atoms with Gasteiger partial charge in [-0.2, -0.15) is 0 Å². The molecule has 7 heteroatoms. The summed E-state index contributed by atoms with van der Waals surface area (Å²) in [6.45, 7) is 10.1. The molecule has 7 nitrogen and oxygen atoms in total. The Kier molecular flexibility index (Phi) is 5.41. The monoisotopic (exact) mass is 384 g/mol. The number of hydrogen-bond acceptors (Lipinski definition) is 6. The Morgan fingerprint density at radius 3 is 2.36 bits per heavy atom. The number of rotatable bonds is 3. The first-order valence-electron chi connectivity index (χ1n) is 9.39. The van der Waals surface area contributed by atoms with Gasteiger partial charge in [0.25, 0.3) is 0 Å². The molecule has 1 aromatic heterocycles. The van der Waals surface area contributed by atoms with Gasteiger partial charge in [-0.25, -0.2) is 14.8 Å². The summed E-state index contributed by atoms with van der Waals surface area (Å²) in [7, 11) is 0. The van der Waals surface area contributed by atoms with Gasteiger partial charge in [-0.1, -0.05) is 24.3 Å². The topological polar surface area (TPSA) is 90.6 Å². The average molecular weight is 384 g/mol. The van der Waals surface area contributed by atoms with E-state index < -0.39 is 11.3 Å².